The number of aryl methyl sites for hydroxylation is 1. The predicted molar refractivity (Wildman–Crippen MR) is 112 cm³/mol. The first-order valence-corrected chi connectivity index (χ1v) is 9.29. The SMILES string of the molecule is CN(C)c1ccc(CCC(=O)NC(c2ccccc2)c2ccccc2)cc1. The lowest BCUT2D eigenvalue weighted by molar-refractivity contribution is -0.121. The van der Waals surface area contributed by atoms with Gasteiger partial charge in [-0.25, -0.2) is 0 Å². The van der Waals surface area contributed by atoms with E-state index in [0.29, 0.717) is 6.42 Å². The molecule has 0 radical (unpaired) electrons. The summed E-state index contributed by atoms with van der Waals surface area (Å²) in [6.45, 7) is 0. The molecule has 0 saturated carbocycles. The van der Waals surface area contributed by atoms with Crippen LogP contribution in [0, 0.1) is 0 Å². The average Bonchev–Trinajstić information content (AvgIpc) is 2.72. The van der Waals surface area contributed by atoms with Crippen LogP contribution in [0.3, 0.4) is 0 Å². The number of hydrogen-bond acceptors (Lipinski definition) is 2. The van der Waals surface area contributed by atoms with Crippen LogP contribution in [-0.2, 0) is 11.2 Å². The molecule has 0 aliphatic rings. The molecule has 0 saturated heterocycles. The first-order valence-electron chi connectivity index (χ1n) is 9.29. The third kappa shape index (κ3) is 5.20. The highest BCUT2D eigenvalue weighted by Crippen LogP contribution is 2.22. The fraction of sp³-hybridized carbons (Fsp3) is 0.208. The molecule has 0 atom stereocenters. The standard InChI is InChI=1S/C24H26N2O/c1-26(2)22-16-13-19(14-17-22)15-18-23(27)25-24(20-9-5-3-6-10-20)21-11-7-4-8-12-21/h3-14,16-17,24H,15,18H2,1-2H3,(H,25,27). The topological polar surface area (TPSA) is 32.3 Å². The van der Waals surface area contributed by atoms with Crippen molar-refractivity contribution in [2.45, 2.75) is 18.9 Å². The highest BCUT2D eigenvalue weighted by Gasteiger charge is 2.16. The Balaban J connectivity index is 1.66. The van der Waals surface area contributed by atoms with Crippen LogP contribution in [0.2, 0.25) is 0 Å². The minimum Gasteiger partial charge on any atom is -0.378 e. The quantitative estimate of drug-likeness (QED) is 0.670. The summed E-state index contributed by atoms with van der Waals surface area (Å²) in [7, 11) is 4.05. The van der Waals surface area contributed by atoms with Crippen LogP contribution in [-0.4, -0.2) is 20.0 Å². The summed E-state index contributed by atoms with van der Waals surface area (Å²) in [5.41, 5.74) is 4.52. The van der Waals surface area contributed by atoms with Gasteiger partial charge in [0.15, 0.2) is 0 Å². The van der Waals surface area contributed by atoms with Crippen molar-refractivity contribution in [2.24, 2.45) is 0 Å². The first kappa shape index (κ1) is 18.7. The van der Waals surface area contributed by atoms with E-state index in [1.54, 1.807) is 0 Å². The fourth-order valence-electron chi connectivity index (χ4n) is 3.10. The van der Waals surface area contributed by atoms with Crippen molar-refractivity contribution in [3.63, 3.8) is 0 Å². The second kappa shape index (κ2) is 9.04. The number of anilines is 1. The Labute approximate surface area is 161 Å². The van der Waals surface area contributed by atoms with Crippen LogP contribution in [0.1, 0.15) is 29.2 Å². The minimum absolute atomic E-state index is 0.0596. The van der Waals surface area contributed by atoms with E-state index in [-0.39, 0.29) is 11.9 Å². The van der Waals surface area contributed by atoms with Crippen LogP contribution >= 0.6 is 0 Å². The third-order valence-corrected chi connectivity index (χ3v) is 4.66. The summed E-state index contributed by atoms with van der Waals surface area (Å²) >= 11 is 0. The second-order valence-corrected chi connectivity index (χ2v) is 6.88. The number of nitrogens with one attached hydrogen (secondary N) is 1. The summed E-state index contributed by atoms with van der Waals surface area (Å²) < 4.78 is 0. The van der Waals surface area contributed by atoms with Gasteiger partial charge < -0.3 is 10.2 Å². The van der Waals surface area contributed by atoms with Crippen LogP contribution in [0.25, 0.3) is 0 Å². The number of amides is 1. The smallest absolute Gasteiger partial charge is 0.221 e. The number of carbonyl (C=O) groups is 1. The van der Waals surface area contributed by atoms with Crippen molar-refractivity contribution in [1.29, 1.82) is 0 Å². The van der Waals surface area contributed by atoms with Crippen molar-refractivity contribution >= 4 is 11.6 Å². The van der Waals surface area contributed by atoms with Gasteiger partial charge in [-0.1, -0.05) is 72.8 Å². The van der Waals surface area contributed by atoms with Gasteiger partial charge in [-0.2, -0.15) is 0 Å². The van der Waals surface area contributed by atoms with Gasteiger partial charge in [-0.05, 0) is 35.2 Å². The van der Waals surface area contributed by atoms with E-state index >= 15 is 0 Å². The molecule has 1 N–H and O–H groups in total. The number of nitrogens with zero attached hydrogens (tertiary/aromatic N) is 1. The molecule has 0 fully saturated rings. The van der Waals surface area contributed by atoms with Gasteiger partial charge in [0, 0.05) is 26.2 Å². The molecule has 3 rings (SSSR count). The molecule has 0 heterocycles. The van der Waals surface area contributed by atoms with E-state index in [4.69, 9.17) is 0 Å². The van der Waals surface area contributed by atoms with E-state index in [0.717, 1.165) is 23.2 Å². The second-order valence-electron chi connectivity index (χ2n) is 6.88. The van der Waals surface area contributed by atoms with E-state index in [9.17, 15) is 4.79 Å². The molecule has 0 aromatic heterocycles. The van der Waals surface area contributed by atoms with E-state index in [1.807, 2.05) is 50.5 Å². The number of rotatable bonds is 7. The normalized spacial score (nSPS) is 10.6. The van der Waals surface area contributed by atoms with Crippen LogP contribution in [0.4, 0.5) is 5.69 Å². The highest BCUT2D eigenvalue weighted by atomic mass is 16.1. The van der Waals surface area contributed by atoms with Crippen LogP contribution in [0.5, 0.6) is 0 Å². The number of carbonyl (C=O) groups excluding carboxylic acids is 1. The molecule has 138 valence electrons. The molecular formula is C24H26N2O. The molecule has 3 nitrogen and oxygen atoms in total. The molecule has 27 heavy (non-hydrogen) atoms. The van der Waals surface area contributed by atoms with Gasteiger partial charge in [0.05, 0.1) is 6.04 Å². The monoisotopic (exact) mass is 358 g/mol. The molecule has 0 unspecified atom stereocenters. The largest absolute Gasteiger partial charge is 0.378 e. The van der Waals surface area contributed by atoms with Crippen LogP contribution in [0.15, 0.2) is 84.9 Å². The van der Waals surface area contributed by atoms with E-state index in [2.05, 4.69) is 58.7 Å². The number of benzene rings is 3. The maximum atomic E-state index is 12.6. The zero-order valence-corrected chi connectivity index (χ0v) is 15.9. The van der Waals surface area contributed by atoms with Crippen LogP contribution < -0.4 is 10.2 Å². The summed E-state index contributed by atoms with van der Waals surface area (Å²) in [6.07, 6.45) is 1.20. The van der Waals surface area contributed by atoms with Crippen molar-refractivity contribution < 1.29 is 4.79 Å². The first-order chi connectivity index (χ1) is 13.1. The molecule has 3 aromatic carbocycles. The Hall–Kier alpha value is -3.07. The Morgan fingerprint density at radius 1 is 0.815 bits per heavy atom. The van der Waals surface area contributed by atoms with Crippen molar-refractivity contribution in [3.05, 3.63) is 102 Å². The maximum absolute atomic E-state index is 12.6. The lowest BCUT2D eigenvalue weighted by Crippen LogP contribution is -2.29. The van der Waals surface area contributed by atoms with E-state index < -0.39 is 0 Å². The summed E-state index contributed by atoms with van der Waals surface area (Å²) in [5.74, 6) is 0.0596. The molecule has 0 spiro atoms. The van der Waals surface area contributed by atoms with Gasteiger partial charge in [0.1, 0.15) is 0 Å². The molecule has 0 aliphatic heterocycles. The Morgan fingerprint density at radius 2 is 1.33 bits per heavy atom. The fourth-order valence-corrected chi connectivity index (χ4v) is 3.10. The molecule has 3 aromatic rings. The molecular weight excluding hydrogens is 332 g/mol. The molecule has 1 amide bonds. The summed E-state index contributed by atoms with van der Waals surface area (Å²) in [4.78, 5) is 14.7. The van der Waals surface area contributed by atoms with Crippen molar-refractivity contribution in [3.8, 4) is 0 Å². The van der Waals surface area contributed by atoms with Crippen molar-refractivity contribution in [2.75, 3.05) is 19.0 Å². The predicted octanol–water partition coefficient (Wildman–Crippen LogP) is 4.59. The minimum atomic E-state index is -0.129. The van der Waals surface area contributed by atoms with Gasteiger partial charge >= 0.3 is 0 Å². The maximum Gasteiger partial charge on any atom is 0.221 e. The summed E-state index contributed by atoms with van der Waals surface area (Å²) in [5, 5.41) is 3.20. The van der Waals surface area contributed by atoms with Gasteiger partial charge in [-0.3, -0.25) is 4.79 Å². The zero-order valence-electron chi connectivity index (χ0n) is 15.9. The van der Waals surface area contributed by atoms with Gasteiger partial charge in [-0.15, -0.1) is 0 Å². The summed E-state index contributed by atoms with van der Waals surface area (Å²) in [6, 6.07) is 28.4. The highest BCUT2D eigenvalue weighted by molar-refractivity contribution is 5.77. The van der Waals surface area contributed by atoms with Gasteiger partial charge in [0.2, 0.25) is 5.91 Å². The lowest BCUT2D eigenvalue weighted by atomic mass is 9.98. The third-order valence-electron chi connectivity index (χ3n) is 4.66. The Kier molecular flexibility index (Phi) is 6.26. The van der Waals surface area contributed by atoms with Crippen molar-refractivity contribution in [1.82, 2.24) is 5.32 Å². The van der Waals surface area contributed by atoms with E-state index in [1.165, 1.54) is 5.56 Å². The Morgan fingerprint density at radius 3 is 1.81 bits per heavy atom. The van der Waals surface area contributed by atoms with Gasteiger partial charge in [0.25, 0.3) is 0 Å². The average molecular weight is 358 g/mol. The molecule has 3 heteroatoms. The lowest BCUT2D eigenvalue weighted by Gasteiger charge is -2.20. The zero-order chi connectivity index (χ0) is 19.1. The molecule has 0 aliphatic carbocycles. The molecule has 0 bridgehead atoms. The number of hydrogen-bond donors (Lipinski definition) is 1. The Bertz CT molecular complexity index is 803.